The second kappa shape index (κ2) is 9.71. The van der Waals surface area contributed by atoms with E-state index in [1.807, 2.05) is 42.3 Å². The Morgan fingerprint density at radius 3 is 2.32 bits per heavy atom. The van der Waals surface area contributed by atoms with Gasteiger partial charge in [-0.1, -0.05) is 36.4 Å². The molecule has 0 bridgehead atoms. The number of hydrogen-bond donors (Lipinski definition) is 0. The SMILES string of the molecule is CN(C)C(=O)C(c1ccccc1)N(C)CCCOc1cccc(S(C)(=O)=O)c1. The summed E-state index contributed by atoms with van der Waals surface area (Å²) in [6, 6.07) is 15.8. The van der Waals surface area contributed by atoms with E-state index in [4.69, 9.17) is 4.74 Å². The van der Waals surface area contributed by atoms with Crippen LogP contribution in [0, 0.1) is 0 Å². The molecule has 0 N–H and O–H groups in total. The van der Waals surface area contributed by atoms with E-state index in [0.717, 1.165) is 5.56 Å². The molecule has 0 aliphatic carbocycles. The molecule has 2 aromatic rings. The fourth-order valence-electron chi connectivity index (χ4n) is 2.89. The minimum absolute atomic E-state index is 0.0236. The Hall–Kier alpha value is -2.38. The summed E-state index contributed by atoms with van der Waals surface area (Å²) in [5.74, 6) is 0.546. The van der Waals surface area contributed by atoms with Crippen LogP contribution in [0.3, 0.4) is 0 Å². The van der Waals surface area contributed by atoms with Crippen molar-refractivity contribution in [2.24, 2.45) is 0 Å². The molecule has 6 nitrogen and oxygen atoms in total. The van der Waals surface area contributed by atoms with Crippen LogP contribution in [-0.2, 0) is 14.6 Å². The van der Waals surface area contributed by atoms with E-state index in [1.165, 1.54) is 12.3 Å². The Morgan fingerprint density at radius 1 is 1.04 bits per heavy atom. The Labute approximate surface area is 167 Å². The van der Waals surface area contributed by atoms with Crippen molar-refractivity contribution < 1.29 is 17.9 Å². The minimum atomic E-state index is -3.26. The number of ether oxygens (including phenoxy) is 1. The van der Waals surface area contributed by atoms with Crippen LogP contribution in [-0.4, -0.2) is 64.7 Å². The zero-order valence-electron chi connectivity index (χ0n) is 16.8. The first-order valence-corrected chi connectivity index (χ1v) is 11.0. The van der Waals surface area contributed by atoms with Gasteiger partial charge >= 0.3 is 0 Å². The average molecular weight is 405 g/mol. The zero-order valence-corrected chi connectivity index (χ0v) is 17.6. The van der Waals surface area contributed by atoms with Gasteiger partial charge in [-0.15, -0.1) is 0 Å². The smallest absolute Gasteiger partial charge is 0.244 e. The average Bonchev–Trinajstić information content (AvgIpc) is 2.66. The van der Waals surface area contributed by atoms with Gasteiger partial charge in [0.15, 0.2) is 9.84 Å². The molecule has 1 unspecified atom stereocenters. The summed E-state index contributed by atoms with van der Waals surface area (Å²) in [4.78, 5) is 16.5. The van der Waals surface area contributed by atoms with Crippen LogP contribution in [0.1, 0.15) is 18.0 Å². The van der Waals surface area contributed by atoms with E-state index >= 15 is 0 Å². The number of carbonyl (C=O) groups is 1. The molecule has 0 aromatic heterocycles. The molecule has 0 radical (unpaired) electrons. The third-order valence-corrected chi connectivity index (χ3v) is 5.50. The number of hydrogen-bond acceptors (Lipinski definition) is 5. The van der Waals surface area contributed by atoms with Gasteiger partial charge in [-0.3, -0.25) is 9.69 Å². The van der Waals surface area contributed by atoms with Crippen molar-refractivity contribution in [3.63, 3.8) is 0 Å². The Kier molecular flexibility index (Phi) is 7.60. The Morgan fingerprint density at radius 2 is 1.71 bits per heavy atom. The third kappa shape index (κ3) is 6.07. The number of rotatable bonds is 9. The quantitative estimate of drug-likeness (QED) is 0.601. The largest absolute Gasteiger partial charge is 0.494 e. The van der Waals surface area contributed by atoms with Gasteiger partial charge in [0.2, 0.25) is 5.91 Å². The fourth-order valence-corrected chi connectivity index (χ4v) is 3.55. The maximum Gasteiger partial charge on any atom is 0.244 e. The first-order valence-electron chi connectivity index (χ1n) is 9.09. The standard InChI is InChI=1S/C21H28N2O4S/c1-22(2)21(24)20(17-10-6-5-7-11-17)23(3)14-9-15-27-18-12-8-13-19(16-18)28(4,25)26/h5-8,10-13,16,20H,9,14-15H2,1-4H3. The third-order valence-electron chi connectivity index (χ3n) is 4.39. The van der Waals surface area contributed by atoms with Crippen molar-refractivity contribution in [2.45, 2.75) is 17.4 Å². The van der Waals surface area contributed by atoms with Gasteiger partial charge in [-0.25, -0.2) is 8.42 Å². The molecule has 0 saturated carbocycles. The number of likely N-dealkylation sites (N-methyl/N-ethyl adjacent to an activating group) is 2. The van der Waals surface area contributed by atoms with Crippen molar-refractivity contribution in [2.75, 3.05) is 40.6 Å². The highest BCUT2D eigenvalue weighted by molar-refractivity contribution is 7.90. The summed E-state index contributed by atoms with van der Waals surface area (Å²) in [5.41, 5.74) is 0.950. The summed E-state index contributed by atoms with van der Waals surface area (Å²) < 4.78 is 29.0. The molecule has 2 rings (SSSR count). The van der Waals surface area contributed by atoms with Gasteiger partial charge in [0.25, 0.3) is 0 Å². The van der Waals surface area contributed by atoms with Crippen LogP contribution < -0.4 is 4.74 Å². The molecule has 0 fully saturated rings. The van der Waals surface area contributed by atoms with Crippen LogP contribution in [0.2, 0.25) is 0 Å². The van der Waals surface area contributed by atoms with Crippen LogP contribution in [0.5, 0.6) is 5.75 Å². The van der Waals surface area contributed by atoms with E-state index < -0.39 is 9.84 Å². The van der Waals surface area contributed by atoms with Gasteiger partial charge < -0.3 is 9.64 Å². The molecule has 28 heavy (non-hydrogen) atoms. The molecule has 1 amide bonds. The predicted molar refractivity (Wildman–Crippen MR) is 110 cm³/mol. The maximum absolute atomic E-state index is 12.7. The molecule has 0 aliphatic rings. The first-order chi connectivity index (χ1) is 13.2. The first kappa shape index (κ1) is 21.9. The Balaban J connectivity index is 1.96. The highest BCUT2D eigenvalue weighted by Crippen LogP contribution is 2.22. The number of amides is 1. The number of benzene rings is 2. The summed E-state index contributed by atoms with van der Waals surface area (Å²) in [5, 5.41) is 0. The summed E-state index contributed by atoms with van der Waals surface area (Å²) >= 11 is 0. The Bertz CT molecular complexity index is 882. The molecule has 1 atom stereocenters. The molecule has 0 heterocycles. The minimum Gasteiger partial charge on any atom is -0.494 e. The molecule has 0 saturated heterocycles. The van der Waals surface area contributed by atoms with Crippen molar-refractivity contribution in [1.29, 1.82) is 0 Å². The van der Waals surface area contributed by atoms with Crippen LogP contribution in [0.25, 0.3) is 0 Å². The number of nitrogens with zero attached hydrogens (tertiary/aromatic N) is 2. The van der Waals surface area contributed by atoms with E-state index in [-0.39, 0.29) is 16.8 Å². The van der Waals surface area contributed by atoms with Gasteiger partial charge in [-0.2, -0.15) is 0 Å². The number of sulfone groups is 1. The molecule has 0 aliphatic heterocycles. The lowest BCUT2D eigenvalue weighted by atomic mass is 10.0. The molecular weight excluding hydrogens is 376 g/mol. The molecule has 152 valence electrons. The van der Waals surface area contributed by atoms with Crippen molar-refractivity contribution in [3.8, 4) is 5.75 Å². The lowest BCUT2D eigenvalue weighted by Crippen LogP contribution is -2.38. The highest BCUT2D eigenvalue weighted by atomic mass is 32.2. The summed E-state index contributed by atoms with van der Waals surface area (Å²) in [6.07, 6.45) is 1.87. The zero-order chi connectivity index (χ0) is 20.7. The molecule has 0 spiro atoms. The van der Waals surface area contributed by atoms with Crippen LogP contribution in [0.4, 0.5) is 0 Å². The fraction of sp³-hybridized carbons (Fsp3) is 0.381. The molecular formula is C21H28N2O4S. The second-order valence-electron chi connectivity index (χ2n) is 6.98. The monoisotopic (exact) mass is 404 g/mol. The highest BCUT2D eigenvalue weighted by Gasteiger charge is 2.26. The summed E-state index contributed by atoms with van der Waals surface area (Å²) in [7, 11) is 2.17. The van der Waals surface area contributed by atoms with E-state index in [1.54, 1.807) is 37.2 Å². The lowest BCUT2D eigenvalue weighted by Gasteiger charge is -2.29. The van der Waals surface area contributed by atoms with E-state index in [0.29, 0.717) is 25.3 Å². The van der Waals surface area contributed by atoms with Gasteiger partial charge in [0.1, 0.15) is 11.8 Å². The van der Waals surface area contributed by atoms with Crippen LogP contribution in [0.15, 0.2) is 59.5 Å². The van der Waals surface area contributed by atoms with E-state index in [9.17, 15) is 13.2 Å². The van der Waals surface area contributed by atoms with Crippen LogP contribution >= 0.6 is 0 Å². The molecule has 7 heteroatoms. The van der Waals surface area contributed by atoms with Crippen molar-refractivity contribution >= 4 is 15.7 Å². The topological polar surface area (TPSA) is 66.9 Å². The predicted octanol–water partition coefficient (Wildman–Crippen LogP) is 2.62. The van der Waals surface area contributed by atoms with Gasteiger partial charge in [0, 0.05) is 26.9 Å². The van der Waals surface area contributed by atoms with Crippen molar-refractivity contribution in [1.82, 2.24) is 9.80 Å². The van der Waals surface area contributed by atoms with Crippen molar-refractivity contribution in [3.05, 3.63) is 60.2 Å². The summed E-state index contributed by atoms with van der Waals surface area (Å²) in [6.45, 7) is 1.08. The maximum atomic E-state index is 12.7. The lowest BCUT2D eigenvalue weighted by molar-refractivity contribution is -0.134. The molecule has 2 aromatic carbocycles. The number of carbonyl (C=O) groups excluding carboxylic acids is 1. The normalized spacial score (nSPS) is 12.6. The van der Waals surface area contributed by atoms with Gasteiger partial charge in [-0.05, 0) is 37.2 Å². The van der Waals surface area contributed by atoms with Gasteiger partial charge in [0.05, 0.1) is 11.5 Å². The van der Waals surface area contributed by atoms with E-state index in [2.05, 4.69) is 0 Å². The second-order valence-corrected chi connectivity index (χ2v) is 8.99.